The summed E-state index contributed by atoms with van der Waals surface area (Å²) >= 11 is 3.43. The number of halogens is 1. The highest BCUT2D eigenvalue weighted by Crippen LogP contribution is 2.27. The highest BCUT2D eigenvalue weighted by molar-refractivity contribution is 9.10. The van der Waals surface area contributed by atoms with Crippen LogP contribution in [-0.4, -0.2) is 49.6 Å². The number of aryl methyl sites for hydroxylation is 2. The van der Waals surface area contributed by atoms with Gasteiger partial charge in [-0.05, 0) is 65.2 Å². The Kier molecular flexibility index (Phi) is 8.03. The summed E-state index contributed by atoms with van der Waals surface area (Å²) in [5, 5.41) is 12.3. The number of benzene rings is 2. The molecular formula is C24H24BrN3O4. The minimum Gasteiger partial charge on any atom is -0.483 e. The van der Waals surface area contributed by atoms with Crippen LogP contribution in [0.5, 0.6) is 5.75 Å². The molecule has 0 spiro atoms. The molecule has 0 bridgehead atoms. The molecule has 32 heavy (non-hydrogen) atoms. The summed E-state index contributed by atoms with van der Waals surface area (Å²) in [6.45, 7) is 6.00. The first kappa shape index (κ1) is 23.5. The molecule has 1 saturated heterocycles. The van der Waals surface area contributed by atoms with E-state index < -0.39 is 5.91 Å². The summed E-state index contributed by atoms with van der Waals surface area (Å²) in [6.07, 6.45) is 1.51. The van der Waals surface area contributed by atoms with Crippen molar-refractivity contribution in [3.05, 3.63) is 63.1 Å². The number of morpholine rings is 1. The number of nitrogens with zero attached hydrogens (tertiary/aromatic N) is 2. The zero-order chi connectivity index (χ0) is 23.1. The summed E-state index contributed by atoms with van der Waals surface area (Å²) in [6, 6.07) is 12.8. The Morgan fingerprint density at radius 2 is 1.97 bits per heavy atom. The van der Waals surface area contributed by atoms with Crippen molar-refractivity contribution in [2.24, 2.45) is 0 Å². The van der Waals surface area contributed by atoms with Crippen molar-refractivity contribution in [2.45, 2.75) is 13.8 Å². The molecule has 2 aromatic rings. The number of anilines is 1. The van der Waals surface area contributed by atoms with Crippen LogP contribution >= 0.6 is 15.9 Å². The van der Waals surface area contributed by atoms with Crippen molar-refractivity contribution in [2.75, 3.05) is 38.2 Å². The van der Waals surface area contributed by atoms with Crippen molar-refractivity contribution < 1.29 is 19.1 Å². The van der Waals surface area contributed by atoms with E-state index in [1.165, 1.54) is 6.08 Å². The summed E-state index contributed by atoms with van der Waals surface area (Å²) in [5.41, 5.74) is 3.31. The maximum absolute atomic E-state index is 12.6. The van der Waals surface area contributed by atoms with E-state index in [0.29, 0.717) is 47.8 Å². The highest BCUT2D eigenvalue weighted by Gasteiger charge is 2.18. The average molecular weight is 498 g/mol. The maximum Gasteiger partial charge on any atom is 0.266 e. The first-order valence-corrected chi connectivity index (χ1v) is 10.9. The molecule has 166 valence electrons. The van der Waals surface area contributed by atoms with Crippen LogP contribution in [0.2, 0.25) is 0 Å². The predicted molar refractivity (Wildman–Crippen MR) is 125 cm³/mol. The minimum atomic E-state index is -0.480. The molecular weight excluding hydrogens is 474 g/mol. The molecule has 7 nitrogen and oxygen atoms in total. The third-order valence-electron chi connectivity index (χ3n) is 4.98. The van der Waals surface area contributed by atoms with Crippen LogP contribution in [0, 0.1) is 25.2 Å². The molecule has 8 heteroatoms. The van der Waals surface area contributed by atoms with Crippen LogP contribution in [0.25, 0.3) is 6.08 Å². The quantitative estimate of drug-likeness (QED) is 0.483. The van der Waals surface area contributed by atoms with E-state index in [-0.39, 0.29) is 18.1 Å². The fourth-order valence-corrected chi connectivity index (χ4v) is 3.74. The highest BCUT2D eigenvalue weighted by atomic mass is 79.9. The van der Waals surface area contributed by atoms with Gasteiger partial charge in [-0.15, -0.1) is 0 Å². The van der Waals surface area contributed by atoms with Crippen molar-refractivity contribution in [3.8, 4) is 11.8 Å². The molecule has 0 aromatic heterocycles. The molecule has 1 fully saturated rings. The zero-order valence-corrected chi connectivity index (χ0v) is 19.6. The summed E-state index contributed by atoms with van der Waals surface area (Å²) in [5.74, 6) is -0.0759. The molecule has 1 aliphatic rings. The van der Waals surface area contributed by atoms with E-state index in [1.807, 2.05) is 38.1 Å². The smallest absolute Gasteiger partial charge is 0.266 e. The number of hydrogen-bond donors (Lipinski definition) is 1. The van der Waals surface area contributed by atoms with Crippen molar-refractivity contribution in [1.82, 2.24) is 4.90 Å². The van der Waals surface area contributed by atoms with Gasteiger partial charge in [0, 0.05) is 18.8 Å². The van der Waals surface area contributed by atoms with E-state index in [1.54, 1.807) is 23.1 Å². The fraction of sp³-hybridized carbons (Fsp3) is 0.292. The van der Waals surface area contributed by atoms with Crippen molar-refractivity contribution >= 4 is 39.5 Å². The normalized spacial score (nSPS) is 13.9. The van der Waals surface area contributed by atoms with E-state index >= 15 is 0 Å². The van der Waals surface area contributed by atoms with Gasteiger partial charge in [-0.1, -0.05) is 23.8 Å². The van der Waals surface area contributed by atoms with Crippen LogP contribution in [-0.2, 0) is 14.3 Å². The fourth-order valence-electron chi connectivity index (χ4n) is 3.23. The number of ether oxygens (including phenoxy) is 2. The minimum absolute atomic E-state index is 0.0203. The second-order valence-corrected chi connectivity index (χ2v) is 8.27. The average Bonchev–Trinajstić information content (AvgIpc) is 2.79. The Labute approximate surface area is 195 Å². The van der Waals surface area contributed by atoms with Crippen LogP contribution < -0.4 is 10.1 Å². The lowest BCUT2D eigenvalue weighted by Gasteiger charge is -2.26. The summed E-state index contributed by atoms with van der Waals surface area (Å²) < 4.78 is 11.5. The van der Waals surface area contributed by atoms with Crippen LogP contribution in [0.1, 0.15) is 16.7 Å². The van der Waals surface area contributed by atoms with Gasteiger partial charge in [0.25, 0.3) is 11.8 Å². The first-order valence-electron chi connectivity index (χ1n) is 10.2. The van der Waals surface area contributed by atoms with Gasteiger partial charge >= 0.3 is 0 Å². The van der Waals surface area contributed by atoms with Gasteiger partial charge in [-0.3, -0.25) is 9.59 Å². The Hall–Kier alpha value is -3.15. The first-order chi connectivity index (χ1) is 15.4. The molecule has 1 aliphatic heterocycles. The Bertz CT molecular complexity index is 1090. The second kappa shape index (κ2) is 10.9. The van der Waals surface area contributed by atoms with Crippen LogP contribution in [0.15, 0.2) is 46.4 Å². The molecule has 1 heterocycles. The number of amides is 2. The third kappa shape index (κ3) is 6.19. The molecule has 0 atom stereocenters. The van der Waals surface area contributed by atoms with Gasteiger partial charge in [0.2, 0.25) is 0 Å². The molecule has 2 amide bonds. The number of carbonyl (C=O) groups excluding carboxylic acids is 2. The molecule has 1 N–H and O–H groups in total. The van der Waals surface area contributed by atoms with E-state index in [9.17, 15) is 14.9 Å². The number of carbonyl (C=O) groups is 2. The Morgan fingerprint density at radius 3 is 2.62 bits per heavy atom. The molecule has 0 unspecified atom stereocenters. The summed E-state index contributed by atoms with van der Waals surface area (Å²) in [4.78, 5) is 26.5. The lowest BCUT2D eigenvalue weighted by molar-refractivity contribution is -0.137. The van der Waals surface area contributed by atoms with Gasteiger partial charge in [0.05, 0.1) is 17.7 Å². The summed E-state index contributed by atoms with van der Waals surface area (Å²) in [7, 11) is 0. The molecule has 3 rings (SSSR count). The Morgan fingerprint density at radius 1 is 1.22 bits per heavy atom. The number of nitriles is 1. The van der Waals surface area contributed by atoms with Gasteiger partial charge < -0.3 is 19.7 Å². The molecule has 2 aromatic carbocycles. The lowest BCUT2D eigenvalue weighted by Crippen LogP contribution is -2.43. The zero-order valence-electron chi connectivity index (χ0n) is 18.0. The largest absolute Gasteiger partial charge is 0.483 e. The SMILES string of the molecule is Cc1ccc(NC(=O)C(C#N)=Cc2ccc(OCC(=O)N3CCOCC3)c(Br)c2)c(C)c1. The van der Waals surface area contributed by atoms with Crippen molar-refractivity contribution in [3.63, 3.8) is 0 Å². The van der Waals surface area contributed by atoms with Crippen LogP contribution in [0.3, 0.4) is 0 Å². The molecule has 0 radical (unpaired) electrons. The van der Waals surface area contributed by atoms with Crippen molar-refractivity contribution in [1.29, 1.82) is 5.26 Å². The topological polar surface area (TPSA) is 91.7 Å². The molecule has 0 aliphatic carbocycles. The van der Waals surface area contributed by atoms with Gasteiger partial charge in [0.15, 0.2) is 6.61 Å². The van der Waals surface area contributed by atoms with Gasteiger partial charge in [-0.25, -0.2) is 0 Å². The molecule has 0 saturated carbocycles. The third-order valence-corrected chi connectivity index (χ3v) is 5.60. The second-order valence-electron chi connectivity index (χ2n) is 7.41. The van der Waals surface area contributed by atoms with E-state index in [4.69, 9.17) is 9.47 Å². The van der Waals surface area contributed by atoms with E-state index in [0.717, 1.165) is 11.1 Å². The van der Waals surface area contributed by atoms with Gasteiger partial charge in [-0.2, -0.15) is 5.26 Å². The van der Waals surface area contributed by atoms with E-state index in [2.05, 4.69) is 21.2 Å². The number of rotatable bonds is 6. The number of hydrogen-bond acceptors (Lipinski definition) is 5. The standard InChI is InChI=1S/C24H24BrN3O4/c1-16-3-5-21(17(2)11-16)27-24(30)19(14-26)12-18-4-6-22(20(25)13-18)32-15-23(29)28-7-9-31-10-8-28/h3-6,11-13H,7-10,15H2,1-2H3,(H,27,30). The number of nitrogens with one attached hydrogen (secondary N) is 1. The Balaban J connectivity index is 1.66. The lowest BCUT2D eigenvalue weighted by atomic mass is 10.1. The monoisotopic (exact) mass is 497 g/mol. The predicted octanol–water partition coefficient (Wildman–Crippen LogP) is 3.85. The maximum atomic E-state index is 12.6. The van der Waals surface area contributed by atoms with Crippen LogP contribution in [0.4, 0.5) is 5.69 Å². The van der Waals surface area contributed by atoms with Gasteiger partial charge in [0.1, 0.15) is 17.4 Å².